The topological polar surface area (TPSA) is 43.3 Å². The Morgan fingerprint density at radius 3 is 2.00 bits per heavy atom. The van der Waals surface area contributed by atoms with Crippen molar-refractivity contribution in [3.05, 3.63) is 0 Å². The van der Waals surface area contributed by atoms with Crippen molar-refractivity contribution in [1.29, 1.82) is 0 Å². The van der Waals surface area contributed by atoms with E-state index >= 15 is 0 Å². The molecule has 3 heteroatoms. The Morgan fingerprint density at radius 2 is 2.00 bits per heavy atom. The summed E-state index contributed by atoms with van der Waals surface area (Å²) in [5.41, 5.74) is 0. The van der Waals surface area contributed by atoms with E-state index in [1.54, 1.807) is 0 Å². The van der Waals surface area contributed by atoms with Crippen molar-refractivity contribution in [3.63, 3.8) is 0 Å². The molecule has 26 valence electrons. The molecule has 0 radical (unpaired) electrons. The minimum absolute atomic E-state index is 1.23. The Bertz CT molecular complexity index is 10.8. The second kappa shape index (κ2) is 1.65. The maximum atomic E-state index is 9.15. The average Bonchev–Trinajstić information content (AvgIpc) is 0.811. The zero-order chi connectivity index (χ0) is 3.58. The third-order valence-corrected chi connectivity index (χ3v) is 0. The predicted octanol–water partition coefficient (Wildman–Crippen LogP) is -0.719. The SMILES string of the molecule is CP([O-])O. The summed E-state index contributed by atoms with van der Waals surface area (Å²) in [6, 6.07) is 0. The van der Waals surface area contributed by atoms with Crippen LogP contribution in [0.5, 0.6) is 0 Å². The maximum absolute atomic E-state index is 9.15. The van der Waals surface area contributed by atoms with E-state index in [-0.39, 0.29) is 0 Å². The van der Waals surface area contributed by atoms with Gasteiger partial charge >= 0.3 is 0 Å². The second-order valence-corrected chi connectivity index (χ2v) is 1.39. The van der Waals surface area contributed by atoms with Crippen molar-refractivity contribution in [3.8, 4) is 0 Å². The molecule has 2 nitrogen and oxygen atoms in total. The lowest BCUT2D eigenvalue weighted by atomic mass is 12.0. The van der Waals surface area contributed by atoms with Gasteiger partial charge in [-0.05, 0) is 6.66 Å². The molecule has 0 saturated carbocycles. The van der Waals surface area contributed by atoms with E-state index in [0.29, 0.717) is 0 Å². The molecule has 0 aliphatic carbocycles. The van der Waals surface area contributed by atoms with Gasteiger partial charge in [0, 0.05) is 0 Å². The van der Waals surface area contributed by atoms with Gasteiger partial charge in [-0.15, -0.1) is 0 Å². The first-order valence-corrected chi connectivity index (χ1v) is 2.49. The predicted molar refractivity (Wildman–Crippen MR) is 15.1 cm³/mol. The zero-order valence-electron chi connectivity index (χ0n) is 2.30. The van der Waals surface area contributed by atoms with Crippen molar-refractivity contribution >= 4 is 8.38 Å². The maximum Gasteiger partial charge on any atom is -0.0341 e. The molecular formula is CH4O2P-. The molecule has 0 heterocycles. The summed E-state index contributed by atoms with van der Waals surface area (Å²) in [6.45, 7) is 1.23. The van der Waals surface area contributed by atoms with E-state index in [9.17, 15) is 0 Å². The molecule has 0 aromatic rings. The normalized spacial score (nSPS) is 15.8. The van der Waals surface area contributed by atoms with E-state index in [4.69, 9.17) is 9.79 Å². The van der Waals surface area contributed by atoms with E-state index in [1.807, 2.05) is 0 Å². The number of hydrogen-bond donors (Lipinski definition) is 1. The van der Waals surface area contributed by atoms with E-state index in [0.717, 1.165) is 0 Å². The van der Waals surface area contributed by atoms with Crippen LogP contribution >= 0.6 is 8.38 Å². The monoisotopic (exact) mass is 79.0 g/mol. The standard InChI is InChI=1S/CH4O2P/c1-4(2)3/h2H,1H3/q-1. The van der Waals surface area contributed by atoms with Crippen LogP contribution in [0.15, 0.2) is 0 Å². The van der Waals surface area contributed by atoms with Crippen LogP contribution in [0.2, 0.25) is 0 Å². The second-order valence-electron chi connectivity index (χ2n) is 0.464. The lowest BCUT2D eigenvalue weighted by Crippen LogP contribution is -1.86. The van der Waals surface area contributed by atoms with Crippen LogP contribution < -0.4 is 4.89 Å². The van der Waals surface area contributed by atoms with Crippen molar-refractivity contribution < 1.29 is 9.79 Å². The first kappa shape index (κ1) is 4.35. The van der Waals surface area contributed by atoms with E-state index < -0.39 is 8.38 Å². The first-order valence-electron chi connectivity index (χ1n) is 0.830. The molecule has 0 spiro atoms. The van der Waals surface area contributed by atoms with Crippen LogP contribution in [0.3, 0.4) is 0 Å². The van der Waals surface area contributed by atoms with Crippen LogP contribution in [-0.4, -0.2) is 11.6 Å². The van der Waals surface area contributed by atoms with Gasteiger partial charge in [0.05, 0.1) is 0 Å². The highest BCUT2D eigenvalue weighted by molar-refractivity contribution is 7.42. The molecule has 0 aliphatic rings. The Balaban J connectivity index is 2.32. The molecule has 0 amide bonds. The Kier molecular flexibility index (Phi) is 1.79. The summed E-state index contributed by atoms with van der Waals surface area (Å²) in [5, 5.41) is 0. The molecule has 0 rings (SSSR count). The molecule has 4 heavy (non-hydrogen) atoms. The zero-order valence-corrected chi connectivity index (χ0v) is 3.20. The number of hydrogen-bond acceptors (Lipinski definition) is 2. The molecule has 1 N–H and O–H groups in total. The highest BCUT2D eigenvalue weighted by atomic mass is 31.2. The van der Waals surface area contributed by atoms with Gasteiger partial charge in [-0.2, -0.15) is 0 Å². The summed E-state index contributed by atoms with van der Waals surface area (Å²) in [4.78, 5) is 16.7. The lowest BCUT2D eigenvalue weighted by molar-refractivity contribution is -0.173. The summed E-state index contributed by atoms with van der Waals surface area (Å²) < 4.78 is 0. The molecule has 0 fully saturated rings. The van der Waals surface area contributed by atoms with E-state index in [2.05, 4.69) is 0 Å². The molecule has 0 bridgehead atoms. The van der Waals surface area contributed by atoms with Gasteiger partial charge < -0.3 is 9.79 Å². The highest BCUT2D eigenvalue weighted by Gasteiger charge is 1.53. The van der Waals surface area contributed by atoms with Crippen LogP contribution in [0.25, 0.3) is 0 Å². The molecule has 1 unspecified atom stereocenters. The Morgan fingerprint density at radius 1 is 2.00 bits per heavy atom. The van der Waals surface area contributed by atoms with Crippen molar-refractivity contribution in [2.24, 2.45) is 0 Å². The quantitative estimate of drug-likeness (QED) is 0.389. The van der Waals surface area contributed by atoms with Gasteiger partial charge in [0.1, 0.15) is 0 Å². The van der Waals surface area contributed by atoms with Gasteiger partial charge in [-0.1, -0.05) is 8.38 Å². The van der Waals surface area contributed by atoms with Crippen LogP contribution in [0.4, 0.5) is 0 Å². The minimum Gasteiger partial charge on any atom is -0.808 e. The largest absolute Gasteiger partial charge is 0.808 e. The molecule has 0 aliphatic heterocycles. The average molecular weight is 79.0 g/mol. The molecule has 0 saturated heterocycles. The Labute approximate surface area is 26.0 Å². The van der Waals surface area contributed by atoms with E-state index in [1.165, 1.54) is 6.66 Å². The molecule has 0 aromatic carbocycles. The van der Waals surface area contributed by atoms with Crippen LogP contribution in [0, 0.1) is 0 Å². The third-order valence-electron chi connectivity index (χ3n) is 0. The summed E-state index contributed by atoms with van der Waals surface area (Å²) >= 11 is 0. The fraction of sp³-hybridized carbons (Fsp3) is 1.00. The molecular weight excluding hydrogens is 75.0 g/mol. The summed E-state index contributed by atoms with van der Waals surface area (Å²) in [6.07, 6.45) is 0. The van der Waals surface area contributed by atoms with Crippen molar-refractivity contribution in [2.75, 3.05) is 6.66 Å². The third kappa shape index (κ3) is 35.0. The highest BCUT2D eigenvalue weighted by Crippen LogP contribution is 2.04. The minimum atomic E-state index is -1.87. The molecule has 1 atom stereocenters. The van der Waals surface area contributed by atoms with Crippen molar-refractivity contribution in [1.82, 2.24) is 0 Å². The number of rotatable bonds is 0. The van der Waals surface area contributed by atoms with Gasteiger partial charge in [0.25, 0.3) is 0 Å². The Hall–Kier alpha value is 0.350. The van der Waals surface area contributed by atoms with Crippen LogP contribution in [-0.2, 0) is 0 Å². The van der Waals surface area contributed by atoms with Crippen molar-refractivity contribution in [2.45, 2.75) is 0 Å². The lowest BCUT2D eigenvalue weighted by Gasteiger charge is -2.01. The first-order chi connectivity index (χ1) is 1.73. The summed E-state index contributed by atoms with van der Waals surface area (Å²) in [7, 11) is -1.87. The van der Waals surface area contributed by atoms with Gasteiger partial charge in [0.2, 0.25) is 0 Å². The van der Waals surface area contributed by atoms with Gasteiger partial charge in [-0.3, -0.25) is 0 Å². The fourth-order valence-electron chi connectivity index (χ4n) is 0. The van der Waals surface area contributed by atoms with Gasteiger partial charge in [-0.25, -0.2) is 0 Å². The van der Waals surface area contributed by atoms with Crippen LogP contribution in [0.1, 0.15) is 0 Å². The fourth-order valence-corrected chi connectivity index (χ4v) is 0. The summed E-state index contributed by atoms with van der Waals surface area (Å²) in [5.74, 6) is 0. The molecule has 0 aromatic heterocycles. The smallest absolute Gasteiger partial charge is 0.0341 e. The van der Waals surface area contributed by atoms with Gasteiger partial charge in [0.15, 0.2) is 0 Å².